The fourth-order valence-corrected chi connectivity index (χ4v) is 6.84. The molecule has 0 saturated carbocycles. The third-order valence-corrected chi connectivity index (χ3v) is 8.39. The molecular weight excluding hydrogens is 458 g/mol. The number of carbonyl (C=O) groups is 2. The van der Waals surface area contributed by atoms with Crippen LogP contribution in [0.4, 0.5) is 4.79 Å². The van der Waals surface area contributed by atoms with Crippen molar-refractivity contribution < 1.29 is 33.0 Å². The van der Waals surface area contributed by atoms with E-state index in [0.717, 1.165) is 12.8 Å². The largest absolute Gasteiger partial charge is 0.510 e. The molecule has 2 aromatic rings. The Morgan fingerprint density at radius 1 is 0.861 bits per heavy atom. The number of rotatable bonds is 8. The highest BCUT2D eigenvalue weighted by Crippen LogP contribution is 2.47. The first-order chi connectivity index (χ1) is 17.6. The molecule has 0 aromatic heterocycles. The number of hydrogen-bond acceptors (Lipinski definition) is 6. The second-order valence-electron chi connectivity index (χ2n) is 10.1. The Bertz CT molecular complexity index is 981. The predicted octanol–water partition coefficient (Wildman–Crippen LogP) is 4.92. The third-order valence-electron chi connectivity index (χ3n) is 8.39. The maximum atomic E-state index is 14.2. The minimum atomic E-state index is -1.58. The van der Waals surface area contributed by atoms with Crippen molar-refractivity contribution in [1.29, 1.82) is 0 Å². The molecule has 1 spiro atoms. The van der Waals surface area contributed by atoms with Crippen LogP contribution in [-0.2, 0) is 29.3 Å². The van der Waals surface area contributed by atoms with Gasteiger partial charge in [0.1, 0.15) is 6.10 Å². The zero-order valence-corrected chi connectivity index (χ0v) is 21.0. The van der Waals surface area contributed by atoms with Gasteiger partial charge in [0.15, 0.2) is 6.79 Å². The number of nitrogens with zero attached hydrogens (tertiary/aromatic N) is 1. The van der Waals surface area contributed by atoms with Crippen molar-refractivity contribution in [3.05, 3.63) is 71.8 Å². The van der Waals surface area contributed by atoms with Crippen LogP contribution in [0, 0.1) is 0 Å². The Balaban J connectivity index is 1.42. The summed E-state index contributed by atoms with van der Waals surface area (Å²) >= 11 is 0. The van der Waals surface area contributed by atoms with Crippen molar-refractivity contribution in [3.63, 3.8) is 0 Å². The van der Waals surface area contributed by atoms with E-state index in [1.807, 2.05) is 60.7 Å². The highest BCUT2D eigenvalue weighted by molar-refractivity contribution is 5.86. The first-order valence-electron chi connectivity index (χ1n) is 13.2. The Kier molecular flexibility index (Phi) is 7.30. The maximum absolute atomic E-state index is 14.2. The molecule has 0 radical (unpaired) electrons. The van der Waals surface area contributed by atoms with Gasteiger partial charge < -0.3 is 23.4 Å². The minimum absolute atomic E-state index is 0.152. The molecule has 3 aliphatic heterocycles. The summed E-state index contributed by atoms with van der Waals surface area (Å²) in [6, 6.07) is 19.7. The molecule has 192 valence electrons. The van der Waals surface area contributed by atoms with Gasteiger partial charge in [-0.25, -0.2) is 9.59 Å². The first-order valence-corrected chi connectivity index (χ1v) is 13.2. The molecule has 7 nitrogen and oxygen atoms in total. The van der Waals surface area contributed by atoms with Gasteiger partial charge in [0, 0.05) is 38.5 Å². The Morgan fingerprint density at radius 3 is 1.94 bits per heavy atom. The third kappa shape index (κ3) is 4.50. The molecule has 36 heavy (non-hydrogen) atoms. The molecular formula is C29H36NO6+. The number of ether oxygens (including phenoxy) is 4. The van der Waals surface area contributed by atoms with Crippen LogP contribution in [0.1, 0.15) is 56.6 Å². The van der Waals surface area contributed by atoms with E-state index in [1.54, 1.807) is 6.92 Å². The van der Waals surface area contributed by atoms with E-state index in [-0.39, 0.29) is 12.7 Å². The van der Waals surface area contributed by atoms with Crippen molar-refractivity contribution in [3.8, 4) is 0 Å². The molecule has 3 aliphatic rings. The smallest absolute Gasteiger partial charge is 0.459 e. The SMILES string of the molecule is CCOC(=O)OCOC(C(=O)OC1CC2CCC(C1)[N+]21CCCC1)(c1ccccc1)c1ccccc1. The van der Waals surface area contributed by atoms with E-state index >= 15 is 0 Å². The summed E-state index contributed by atoms with van der Waals surface area (Å²) in [5.74, 6) is -0.480. The molecule has 3 heterocycles. The van der Waals surface area contributed by atoms with Gasteiger partial charge in [0.05, 0.1) is 31.8 Å². The van der Waals surface area contributed by atoms with Crippen LogP contribution in [0.2, 0.25) is 0 Å². The highest BCUT2D eigenvalue weighted by atomic mass is 16.8. The van der Waals surface area contributed by atoms with E-state index in [4.69, 9.17) is 18.9 Å². The lowest BCUT2D eigenvalue weighted by molar-refractivity contribution is -0.956. The van der Waals surface area contributed by atoms with Crippen LogP contribution in [0.15, 0.2) is 60.7 Å². The molecule has 2 atom stereocenters. The van der Waals surface area contributed by atoms with Gasteiger partial charge in [0.25, 0.3) is 0 Å². The number of benzene rings is 2. The molecule has 7 heteroatoms. The molecule has 5 rings (SSSR count). The summed E-state index contributed by atoms with van der Waals surface area (Å²) < 4.78 is 23.7. The van der Waals surface area contributed by atoms with Gasteiger partial charge in [-0.2, -0.15) is 0 Å². The summed E-state index contributed by atoms with van der Waals surface area (Å²) in [5, 5.41) is 0. The fourth-order valence-electron chi connectivity index (χ4n) is 6.84. The van der Waals surface area contributed by atoms with E-state index in [0.29, 0.717) is 23.2 Å². The predicted molar refractivity (Wildman–Crippen MR) is 133 cm³/mol. The van der Waals surface area contributed by atoms with Crippen LogP contribution in [-0.4, -0.2) is 61.3 Å². The van der Waals surface area contributed by atoms with E-state index in [9.17, 15) is 9.59 Å². The van der Waals surface area contributed by atoms with Crippen LogP contribution in [0.3, 0.4) is 0 Å². The van der Waals surface area contributed by atoms with Gasteiger partial charge in [-0.05, 0) is 18.1 Å². The molecule has 2 aromatic carbocycles. The Hall–Kier alpha value is -2.90. The summed E-state index contributed by atoms with van der Waals surface area (Å²) in [6.07, 6.45) is 5.82. The van der Waals surface area contributed by atoms with Gasteiger partial charge >= 0.3 is 12.1 Å². The topological polar surface area (TPSA) is 71.1 Å². The first kappa shape index (κ1) is 24.8. The lowest BCUT2D eigenvalue weighted by atomic mass is 9.85. The summed E-state index contributed by atoms with van der Waals surface area (Å²) in [7, 11) is 0. The summed E-state index contributed by atoms with van der Waals surface area (Å²) in [5.41, 5.74) is -0.336. The summed E-state index contributed by atoms with van der Waals surface area (Å²) in [4.78, 5) is 26.0. The van der Waals surface area contributed by atoms with Crippen molar-refractivity contribution in [1.82, 2.24) is 0 Å². The van der Waals surface area contributed by atoms with Gasteiger partial charge in [-0.15, -0.1) is 0 Å². The fraction of sp³-hybridized carbons (Fsp3) is 0.517. The van der Waals surface area contributed by atoms with Crippen molar-refractivity contribution in [2.45, 2.75) is 69.2 Å². The van der Waals surface area contributed by atoms with Crippen LogP contribution < -0.4 is 0 Å². The summed E-state index contributed by atoms with van der Waals surface area (Å²) in [6.45, 7) is 3.97. The number of esters is 1. The van der Waals surface area contributed by atoms with Gasteiger partial charge in [-0.3, -0.25) is 0 Å². The average Bonchev–Trinajstić information content (AvgIpc) is 3.44. The molecule has 3 saturated heterocycles. The highest BCUT2D eigenvalue weighted by Gasteiger charge is 2.56. The van der Waals surface area contributed by atoms with E-state index in [2.05, 4.69) is 0 Å². The molecule has 2 unspecified atom stereocenters. The molecule has 0 aliphatic carbocycles. The van der Waals surface area contributed by atoms with Crippen LogP contribution in [0.25, 0.3) is 0 Å². The standard InChI is InChI=1S/C29H36NO6/c1-2-33-28(32)34-21-35-29(22-11-5-3-6-12-22,23-13-7-4-8-14-23)27(31)36-26-19-24-15-16-25(20-26)30(24)17-9-10-18-30/h3-8,11-14,24-26H,2,9-10,15-21H2,1H3/q+1. The van der Waals surface area contributed by atoms with Crippen LogP contribution in [0.5, 0.6) is 0 Å². The monoisotopic (exact) mass is 494 g/mol. The van der Waals surface area contributed by atoms with Crippen molar-refractivity contribution in [2.24, 2.45) is 0 Å². The quantitative estimate of drug-likeness (QED) is 0.295. The molecule has 0 N–H and O–H groups in total. The van der Waals surface area contributed by atoms with Crippen molar-refractivity contribution >= 4 is 12.1 Å². The van der Waals surface area contributed by atoms with Gasteiger partial charge in [0.2, 0.25) is 5.60 Å². The zero-order valence-electron chi connectivity index (χ0n) is 21.0. The zero-order chi connectivity index (χ0) is 25.0. The van der Waals surface area contributed by atoms with Crippen LogP contribution >= 0.6 is 0 Å². The minimum Gasteiger partial charge on any atom is -0.459 e. The lowest BCUT2D eigenvalue weighted by Gasteiger charge is -2.47. The molecule has 0 amide bonds. The molecule has 3 fully saturated rings. The number of piperidine rings is 1. The Morgan fingerprint density at radius 2 is 1.42 bits per heavy atom. The van der Waals surface area contributed by atoms with E-state index in [1.165, 1.54) is 43.3 Å². The number of carbonyl (C=O) groups excluding carboxylic acids is 2. The normalized spacial score (nSPS) is 24.4. The second-order valence-corrected chi connectivity index (χ2v) is 10.1. The lowest BCUT2D eigenvalue weighted by Crippen LogP contribution is -2.60. The van der Waals surface area contributed by atoms with Crippen molar-refractivity contribution in [2.75, 3.05) is 26.5 Å². The number of hydrogen-bond donors (Lipinski definition) is 0. The number of quaternary nitrogens is 1. The van der Waals surface area contributed by atoms with Gasteiger partial charge in [-0.1, -0.05) is 60.7 Å². The maximum Gasteiger partial charge on any atom is 0.510 e. The van der Waals surface area contributed by atoms with E-state index < -0.39 is 24.5 Å². The Labute approximate surface area is 212 Å². The second kappa shape index (κ2) is 10.6. The molecule has 2 bridgehead atoms. The average molecular weight is 495 g/mol.